The SMILES string of the molecule is [C-]#[N+]c1cc2c(Oc3ccc(N)cc3)ccnc2cc1C. The maximum atomic E-state index is 7.22. The standard InChI is InChI=1S/C17H13N3O/c1-11-9-16-14(10-15(11)19-2)17(7-8-20-16)21-13-5-3-12(18)4-6-13/h3-10H,18H2,1H3. The lowest BCUT2D eigenvalue weighted by Crippen LogP contribution is -1.89. The molecule has 2 N–H and O–H groups in total. The van der Waals surface area contributed by atoms with Crippen molar-refractivity contribution in [3.05, 3.63) is 65.6 Å². The van der Waals surface area contributed by atoms with E-state index in [4.69, 9.17) is 17.0 Å². The third-order valence-corrected chi connectivity index (χ3v) is 3.25. The van der Waals surface area contributed by atoms with E-state index in [-0.39, 0.29) is 0 Å². The summed E-state index contributed by atoms with van der Waals surface area (Å²) < 4.78 is 5.89. The number of pyridine rings is 1. The molecular weight excluding hydrogens is 262 g/mol. The van der Waals surface area contributed by atoms with Crippen molar-refractivity contribution in [2.75, 3.05) is 5.73 Å². The van der Waals surface area contributed by atoms with Crippen molar-refractivity contribution in [3.63, 3.8) is 0 Å². The lowest BCUT2D eigenvalue weighted by Gasteiger charge is -2.10. The van der Waals surface area contributed by atoms with Gasteiger partial charge in [0.15, 0.2) is 5.69 Å². The van der Waals surface area contributed by atoms with Gasteiger partial charge in [-0.1, -0.05) is 0 Å². The van der Waals surface area contributed by atoms with Gasteiger partial charge in [0.05, 0.1) is 12.1 Å². The maximum Gasteiger partial charge on any atom is 0.191 e. The molecule has 0 aliphatic carbocycles. The number of anilines is 1. The summed E-state index contributed by atoms with van der Waals surface area (Å²) in [4.78, 5) is 7.86. The van der Waals surface area contributed by atoms with Gasteiger partial charge in [-0.15, -0.1) is 0 Å². The third kappa shape index (κ3) is 2.49. The molecule has 0 aliphatic heterocycles. The van der Waals surface area contributed by atoms with E-state index in [1.54, 1.807) is 24.4 Å². The molecular formula is C17H13N3O. The topological polar surface area (TPSA) is 52.5 Å². The number of hydrogen-bond acceptors (Lipinski definition) is 3. The van der Waals surface area contributed by atoms with E-state index in [2.05, 4.69) is 9.83 Å². The van der Waals surface area contributed by atoms with E-state index in [1.165, 1.54) is 0 Å². The average Bonchev–Trinajstić information content (AvgIpc) is 2.49. The maximum absolute atomic E-state index is 7.22. The Morgan fingerprint density at radius 3 is 2.62 bits per heavy atom. The molecule has 3 aromatic rings. The molecule has 4 heteroatoms. The minimum atomic E-state index is 0.609. The van der Waals surface area contributed by atoms with Crippen LogP contribution in [0.4, 0.5) is 11.4 Å². The van der Waals surface area contributed by atoms with Crippen LogP contribution >= 0.6 is 0 Å². The van der Waals surface area contributed by atoms with E-state index in [1.807, 2.05) is 31.2 Å². The molecule has 102 valence electrons. The molecule has 0 unspecified atom stereocenters. The fourth-order valence-corrected chi connectivity index (χ4v) is 2.13. The van der Waals surface area contributed by atoms with Crippen LogP contribution in [0, 0.1) is 13.5 Å². The lowest BCUT2D eigenvalue weighted by atomic mass is 10.1. The Bertz CT molecular complexity index is 848. The van der Waals surface area contributed by atoms with Crippen LogP contribution < -0.4 is 10.5 Å². The Morgan fingerprint density at radius 1 is 1.14 bits per heavy atom. The number of nitrogens with two attached hydrogens (primary N) is 1. The van der Waals surface area contributed by atoms with Crippen molar-refractivity contribution in [3.8, 4) is 11.5 Å². The highest BCUT2D eigenvalue weighted by molar-refractivity contribution is 5.89. The molecule has 2 aromatic carbocycles. The molecule has 0 aliphatic rings. The number of aromatic nitrogens is 1. The molecule has 0 bridgehead atoms. The van der Waals surface area contributed by atoms with Crippen molar-refractivity contribution >= 4 is 22.3 Å². The van der Waals surface area contributed by atoms with Gasteiger partial charge in [0.25, 0.3) is 0 Å². The molecule has 21 heavy (non-hydrogen) atoms. The van der Waals surface area contributed by atoms with E-state index < -0.39 is 0 Å². The largest absolute Gasteiger partial charge is 0.457 e. The van der Waals surface area contributed by atoms with Gasteiger partial charge in [-0.05, 0) is 55.0 Å². The van der Waals surface area contributed by atoms with Crippen molar-refractivity contribution < 1.29 is 4.74 Å². The predicted molar refractivity (Wildman–Crippen MR) is 83.7 cm³/mol. The molecule has 1 aromatic heterocycles. The van der Waals surface area contributed by atoms with Crippen LogP contribution in [0.25, 0.3) is 15.7 Å². The Balaban J connectivity index is 2.10. The number of rotatable bonds is 2. The van der Waals surface area contributed by atoms with Crippen molar-refractivity contribution in [2.24, 2.45) is 0 Å². The quantitative estimate of drug-likeness (QED) is 0.554. The first-order valence-corrected chi connectivity index (χ1v) is 6.47. The Kier molecular flexibility index (Phi) is 3.17. The summed E-state index contributed by atoms with van der Waals surface area (Å²) in [6, 6.07) is 12.7. The van der Waals surface area contributed by atoms with E-state index in [0.29, 0.717) is 22.9 Å². The zero-order chi connectivity index (χ0) is 14.8. The fraction of sp³-hybridized carbons (Fsp3) is 0.0588. The second-order valence-corrected chi connectivity index (χ2v) is 4.75. The highest BCUT2D eigenvalue weighted by Gasteiger charge is 2.08. The molecule has 0 saturated heterocycles. The first kappa shape index (κ1) is 12.9. The number of hydrogen-bond donors (Lipinski definition) is 1. The number of nitrogens with zero attached hydrogens (tertiary/aromatic N) is 2. The smallest absolute Gasteiger partial charge is 0.191 e. The number of ether oxygens (including phenoxy) is 1. The fourth-order valence-electron chi connectivity index (χ4n) is 2.13. The molecule has 3 rings (SSSR count). The summed E-state index contributed by atoms with van der Waals surface area (Å²) in [5.74, 6) is 1.37. The Labute approximate surface area is 122 Å². The normalized spacial score (nSPS) is 10.3. The van der Waals surface area contributed by atoms with Crippen LogP contribution in [0.2, 0.25) is 0 Å². The Hall–Kier alpha value is -3.06. The van der Waals surface area contributed by atoms with Crippen LogP contribution in [0.3, 0.4) is 0 Å². The first-order chi connectivity index (χ1) is 10.2. The van der Waals surface area contributed by atoms with Gasteiger partial charge in [-0.3, -0.25) is 4.98 Å². The summed E-state index contributed by atoms with van der Waals surface area (Å²) in [7, 11) is 0. The summed E-state index contributed by atoms with van der Waals surface area (Å²) >= 11 is 0. The molecule has 4 nitrogen and oxygen atoms in total. The number of fused-ring (bicyclic) bond motifs is 1. The van der Waals surface area contributed by atoms with Gasteiger partial charge in [0.2, 0.25) is 0 Å². The average molecular weight is 275 g/mol. The lowest BCUT2D eigenvalue weighted by molar-refractivity contribution is 0.488. The molecule has 0 spiro atoms. The van der Waals surface area contributed by atoms with E-state index in [9.17, 15) is 0 Å². The number of aryl methyl sites for hydroxylation is 1. The summed E-state index contributed by atoms with van der Waals surface area (Å²) in [5.41, 5.74) is 8.69. The van der Waals surface area contributed by atoms with Crippen molar-refractivity contribution in [2.45, 2.75) is 6.92 Å². The van der Waals surface area contributed by atoms with Gasteiger partial charge >= 0.3 is 0 Å². The number of benzene rings is 2. The van der Waals surface area contributed by atoms with Crippen LogP contribution in [-0.4, -0.2) is 4.98 Å². The zero-order valence-electron chi connectivity index (χ0n) is 11.5. The molecule has 0 saturated carbocycles. The minimum Gasteiger partial charge on any atom is -0.457 e. The second kappa shape index (κ2) is 5.14. The minimum absolute atomic E-state index is 0.609. The summed E-state index contributed by atoms with van der Waals surface area (Å²) in [6.07, 6.45) is 1.70. The zero-order valence-corrected chi connectivity index (χ0v) is 11.5. The van der Waals surface area contributed by atoms with E-state index in [0.717, 1.165) is 16.5 Å². The predicted octanol–water partition coefficient (Wildman–Crippen LogP) is 4.47. The van der Waals surface area contributed by atoms with Crippen LogP contribution in [0.15, 0.2) is 48.7 Å². The van der Waals surface area contributed by atoms with Gasteiger partial charge in [-0.2, -0.15) is 0 Å². The number of nitrogen functional groups attached to an aromatic ring is 1. The first-order valence-electron chi connectivity index (χ1n) is 6.47. The molecule has 0 amide bonds. The molecule has 0 atom stereocenters. The molecule has 0 fully saturated rings. The second-order valence-electron chi connectivity index (χ2n) is 4.75. The van der Waals surface area contributed by atoms with Gasteiger partial charge < -0.3 is 10.5 Å². The van der Waals surface area contributed by atoms with Crippen molar-refractivity contribution in [1.82, 2.24) is 4.98 Å². The summed E-state index contributed by atoms with van der Waals surface area (Å²) in [5, 5.41) is 0.825. The summed E-state index contributed by atoms with van der Waals surface area (Å²) in [6.45, 7) is 9.13. The van der Waals surface area contributed by atoms with Crippen LogP contribution in [0.5, 0.6) is 11.5 Å². The third-order valence-electron chi connectivity index (χ3n) is 3.25. The highest BCUT2D eigenvalue weighted by Crippen LogP contribution is 2.33. The van der Waals surface area contributed by atoms with E-state index >= 15 is 0 Å². The van der Waals surface area contributed by atoms with Crippen LogP contribution in [-0.2, 0) is 0 Å². The molecule has 0 radical (unpaired) electrons. The Morgan fingerprint density at radius 2 is 1.90 bits per heavy atom. The van der Waals surface area contributed by atoms with Gasteiger partial charge in [0, 0.05) is 17.3 Å². The van der Waals surface area contributed by atoms with Gasteiger partial charge in [-0.25, -0.2) is 4.85 Å². The van der Waals surface area contributed by atoms with Gasteiger partial charge in [0.1, 0.15) is 11.5 Å². The monoisotopic (exact) mass is 275 g/mol. The molecule has 1 heterocycles. The van der Waals surface area contributed by atoms with Crippen LogP contribution in [0.1, 0.15) is 5.56 Å². The highest BCUT2D eigenvalue weighted by atomic mass is 16.5. The van der Waals surface area contributed by atoms with Crippen molar-refractivity contribution in [1.29, 1.82) is 0 Å².